The third-order valence-corrected chi connectivity index (χ3v) is 3.08. The van der Waals surface area contributed by atoms with E-state index in [9.17, 15) is 0 Å². The lowest BCUT2D eigenvalue weighted by atomic mass is 9.91. The van der Waals surface area contributed by atoms with Crippen LogP contribution >= 0.6 is 0 Å². The summed E-state index contributed by atoms with van der Waals surface area (Å²) in [6.45, 7) is 3.55. The SMILES string of the molecule is CCCc1ccc(C2(OC)COC2)cc1. The van der Waals surface area contributed by atoms with Crippen LogP contribution in [-0.4, -0.2) is 20.3 Å². The summed E-state index contributed by atoms with van der Waals surface area (Å²) in [5.41, 5.74) is 2.45. The summed E-state index contributed by atoms with van der Waals surface area (Å²) < 4.78 is 10.8. The minimum atomic E-state index is -0.176. The van der Waals surface area contributed by atoms with Crippen molar-refractivity contribution in [3.05, 3.63) is 35.4 Å². The molecule has 0 aromatic heterocycles. The van der Waals surface area contributed by atoms with Crippen molar-refractivity contribution in [1.82, 2.24) is 0 Å². The average Bonchev–Trinajstić information content (AvgIpc) is 2.20. The molecule has 0 saturated carbocycles. The Morgan fingerprint density at radius 1 is 1.27 bits per heavy atom. The van der Waals surface area contributed by atoms with Gasteiger partial charge in [0.2, 0.25) is 0 Å². The van der Waals surface area contributed by atoms with E-state index in [0.717, 1.165) is 6.42 Å². The number of ether oxygens (including phenoxy) is 2. The molecule has 82 valence electrons. The summed E-state index contributed by atoms with van der Waals surface area (Å²) in [5, 5.41) is 0. The third kappa shape index (κ3) is 1.92. The molecule has 1 saturated heterocycles. The largest absolute Gasteiger partial charge is 0.375 e. The Bertz CT molecular complexity index is 306. The normalized spacial score (nSPS) is 18.5. The fourth-order valence-corrected chi connectivity index (χ4v) is 1.95. The molecule has 1 aromatic carbocycles. The molecular formula is C13H18O2. The van der Waals surface area contributed by atoms with Crippen LogP contribution in [0.1, 0.15) is 24.5 Å². The first-order valence-corrected chi connectivity index (χ1v) is 5.53. The van der Waals surface area contributed by atoms with Crippen molar-refractivity contribution >= 4 is 0 Å². The Hall–Kier alpha value is -0.860. The highest BCUT2D eigenvalue weighted by Gasteiger charge is 2.40. The molecule has 0 amide bonds. The van der Waals surface area contributed by atoms with E-state index in [1.807, 2.05) is 0 Å². The summed E-state index contributed by atoms with van der Waals surface area (Å²) in [6, 6.07) is 8.71. The molecule has 0 bridgehead atoms. The van der Waals surface area contributed by atoms with Crippen LogP contribution in [-0.2, 0) is 21.5 Å². The first kappa shape index (κ1) is 10.7. The van der Waals surface area contributed by atoms with Crippen LogP contribution < -0.4 is 0 Å². The number of hydrogen-bond donors (Lipinski definition) is 0. The van der Waals surface area contributed by atoms with Crippen molar-refractivity contribution in [2.45, 2.75) is 25.4 Å². The summed E-state index contributed by atoms with van der Waals surface area (Å²) in [4.78, 5) is 0. The maximum atomic E-state index is 5.53. The van der Waals surface area contributed by atoms with Crippen molar-refractivity contribution in [3.8, 4) is 0 Å². The van der Waals surface area contributed by atoms with Crippen LogP contribution in [0, 0.1) is 0 Å². The summed E-state index contributed by atoms with van der Waals surface area (Å²) in [6.07, 6.45) is 2.34. The van der Waals surface area contributed by atoms with E-state index in [0.29, 0.717) is 13.2 Å². The van der Waals surface area contributed by atoms with Crippen LogP contribution in [0.5, 0.6) is 0 Å². The Morgan fingerprint density at radius 2 is 1.93 bits per heavy atom. The number of methoxy groups -OCH3 is 1. The Morgan fingerprint density at radius 3 is 2.33 bits per heavy atom. The second kappa shape index (κ2) is 4.33. The fraction of sp³-hybridized carbons (Fsp3) is 0.538. The van der Waals surface area contributed by atoms with Gasteiger partial charge in [-0.3, -0.25) is 0 Å². The van der Waals surface area contributed by atoms with Gasteiger partial charge in [0.05, 0.1) is 13.2 Å². The lowest BCUT2D eigenvalue weighted by Crippen LogP contribution is -2.48. The highest BCUT2D eigenvalue weighted by atomic mass is 16.6. The van der Waals surface area contributed by atoms with Crippen molar-refractivity contribution < 1.29 is 9.47 Å². The predicted molar refractivity (Wildman–Crippen MR) is 59.9 cm³/mol. The molecular weight excluding hydrogens is 188 g/mol. The Labute approximate surface area is 91.2 Å². The second-order valence-electron chi connectivity index (χ2n) is 4.14. The molecule has 1 fully saturated rings. The van der Waals surface area contributed by atoms with Crippen molar-refractivity contribution in [2.75, 3.05) is 20.3 Å². The van der Waals surface area contributed by atoms with E-state index < -0.39 is 0 Å². The topological polar surface area (TPSA) is 18.5 Å². The van der Waals surface area contributed by atoms with Gasteiger partial charge in [0.1, 0.15) is 5.60 Å². The van der Waals surface area contributed by atoms with Gasteiger partial charge >= 0.3 is 0 Å². The zero-order chi connectivity index (χ0) is 10.7. The molecule has 2 heteroatoms. The van der Waals surface area contributed by atoms with Gasteiger partial charge in [-0.2, -0.15) is 0 Å². The molecule has 15 heavy (non-hydrogen) atoms. The number of aryl methyl sites for hydroxylation is 1. The molecule has 1 aromatic rings. The van der Waals surface area contributed by atoms with Crippen LogP contribution in [0.2, 0.25) is 0 Å². The average molecular weight is 206 g/mol. The highest BCUT2D eigenvalue weighted by molar-refractivity contribution is 5.29. The van der Waals surface area contributed by atoms with Crippen LogP contribution in [0.4, 0.5) is 0 Å². The van der Waals surface area contributed by atoms with Crippen LogP contribution in [0.15, 0.2) is 24.3 Å². The van der Waals surface area contributed by atoms with E-state index in [1.165, 1.54) is 17.5 Å². The van der Waals surface area contributed by atoms with Gasteiger partial charge in [0.25, 0.3) is 0 Å². The lowest BCUT2D eigenvalue weighted by Gasteiger charge is -2.40. The molecule has 0 spiro atoms. The van der Waals surface area contributed by atoms with Gasteiger partial charge in [-0.1, -0.05) is 37.6 Å². The highest BCUT2D eigenvalue weighted by Crippen LogP contribution is 2.33. The quantitative estimate of drug-likeness (QED) is 0.753. The van der Waals surface area contributed by atoms with Gasteiger partial charge in [-0.15, -0.1) is 0 Å². The fourth-order valence-electron chi connectivity index (χ4n) is 1.95. The maximum absolute atomic E-state index is 5.53. The number of hydrogen-bond acceptors (Lipinski definition) is 2. The van der Waals surface area contributed by atoms with E-state index in [4.69, 9.17) is 9.47 Å². The first-order valence-electron chi connectivity index (χ1n) is 5.53. The van der Waals surface area contributed by atoms with Gasteiger partial charge in [-0.25, -0.2) is 0 Å². The number of benzene rings is 1. The van der Waals surface area contributed by atoms with E-state index >= 15 is 0 Å². The molecule has 1 aliphatic rings. The number of rotatable bonds is 4. The third-order valence-electron chi connectivity index (χ3n) is 3.08. The maximum Gasteiger partial charge on any atom is 0.139 e. The molecule has 0 aliphatic carbocycles. The van der Waals surface area contributed by atoms with Gasteiger partial charge < -0.3 is 9.47 Å². The molecule has 1 aliphatic heterocycles. The van der Waals surface area contributed by atoms with Crippen molar-refractivity contribution in [2.24, 2.45) is 0 Å². The molecule has 0 unspecified atom stereocenters. The summed E-state index contributed by atoms with van der Waals surface area (Å²) in [7, 11) is 1.75. The standard InChI is InChI=1S/C13H18O2/c1-3-4-11-5-7-12(8-6-11)13(14-2)9-15-10-13/h5-8H,3-4,9-10H2,1-2H3. The molecule has 1 heterocycles. The second-order valence-corrected chi connectivity index (χ2v) is 4.14. The molecule has 0 atom stereocenters. The Balaban J connectivity index is 2.15. The summed E-state index contributed by atoms with van der Waals surface area (Å²) in [5.74, 6) is 0. The first-order chi connectivity index (χ1) is 7.30. The zero-order valence-electron chi connectivity index (χ0n) is 9.45. The molecule has 0 N–H and O–H groups in total. The smallest absolute Gasteiger partial charge is 0.139 e. The monoisotopic (exact) mass is 206 g/mol. The van der Waals surface area contributed by atoms with Gasteiger partial charge in [0, 0.05) is 7.11 Å². The van der Waals surface area contributed by atoms with E-state index in [-0.39, 0.29) is 5.60 Å². The minimum Gasteiger partial charge on any atom is -0.375 e. The summed E-state index contributed by atoms with van der Waals surface area (Å²) >= 11 is 0. The van der Waals surface area contributed by atoms with Gasteiger partial charge in [0.15, 0.2) is 0 Å². The minimum absolute atomic E-state index is 0.176. The van der Waals surface area contributed by atoms with E-state index in [1.54, 1.807) is 7.11 Å². The van der Waals surface area contributed by atoms with Crippen LogP contribution in [0.3, 0.4) is 0 Å². The molecule has 2 nitrogen and oxygen atoms in total. The molecule has 2 rings (SSSR count). The molecule has 0 radical (unpaired) electrons. The van der Waals surface area contributed by atoms with Crippen molar-refractivity contribution in [1.29, 1.82) is 0 Å². The van der Waals surface area contributed by atoms with E-state index in [2.05, 4.69) is 31.2 Å². The van der Waals surface area contributed by atoms with Gasteiger partial charge in [-0.05, 0) is 17.5 Å². The predicted octanol–water partition coefficient (Wildman–Crippen LogP) is 2.51. The lowest BCUT2D eigenvalue weighted by molar-refractivity contribution is -0.202. The Kier molecular flexibility index (Phi) is 3.08. The van der Waals surface area contributed by atoms with Crippen molar-refractivity contribution in [3.63, 3.8) is 0 Å². The zero-order valence-corrected chi connectivity index (χ0v) is 9.45. The van der Waals surface area contributed by atoms with Crippen LogP contribution in [0.25, 0.3) is 0 Å².